The summed E-state index contributed by atoms with van der Waals surface area (Å²) in [6, 6.07) is 4.86. The number of amides is 3. The van der Waals surface area contributed by atoms with Crippen LogP contribution >= 0.6 is 0 Å². The van der Waals surface area contributed by atoms with Gasteiger partial charge < -0.3 is 10.3 Å². The first kappa shape index (κ1) is 18.5. The molecule has 2 aromatic rings. The zero-order valence-electron chi connectivity index (χ0n) is 13.7. The van der Waals surface area contributed by atoms with Crippen LogP contribution in [0, 0.1) is 6.92 Å². The molecule has 0 spiro atoms. The number of benzene rings is 1. The molecule has 1 unspecified atom stereocenters. The van der Waals surface area contributed by atoms with E-state index in [9.17, 15) is 23.2 Å². The maximum Gasteiger partial charge on any atom is 0.301 e. The lowest BCUT2D eigenvalue weighted by Crippen LogP contribution is -2.50. The van der Waals surface area contributed by atoms with Crippen molar-refractivity contribution in [3.05, 3.63) is 29.6 Å². The topological polar surface area (TPSA) is 104 Å². The molecule has 25 heavy (non-hydrogen) atoms. The maximum absolute atomic E-state index is 12.9. The number of para-hydroxylation sites is 1. The number of aromatic nitrogens is 2. The Kier molecular flexibility index (Phi) is 5.45. The molecule has 3 N–H and O–H groups in total. The molecule has 9 heteroatoms. The van der Waals surface area contributed by atoms with Gasteiger partial charge in [0.25, 0.3) is 0 Å². The number of fused-ring (bicyclic) bond motifs is 1. The minimum atomic E-state index is -2.91. The molecule has 0 radical (unpaired) electrons. The predicted octanol–water partition coefficient (Wildman–Crippen LogP) is 1.52. The quantitative estimate of drug-likeness (QED) is 0.575. The summed E-state index contributed by atoms with van der Waals surface area (Å²) in [5.74, 6) is -3.89. The van der Waals surface area contributed by atoms with Gasteiger partial charge in [-0.05, 0) is 25.0 Å². The maximum atomic E-state index is 12.9. The first-order valence-electron chi connectivity index (χ1n) is 7.59. The standard InChI is InChI=1S/C10H10F2N2.C6H8N2O3/c1-6-4-3-5-7-8(6)14-9(13-7)10(2,11)12;9-3-7-4-1-2-5(10)8-6(4)11/h3-5H,1-2H3,(H,13,14);3-4H,1-2H2,(H,7,9)(H,8,10,11). The van der Waals surface area contributed by atoms with Crippen LogP contribution in [0.15, 0.2) is 18.2 Å². The Bertz CT molecular complexity index is 798. The van der Waals surface area contributed by atoms with Crippen molar-refractivity contribution >= 4 is 29.3 Å². The van der Waals surface area contributed by atoms with E-state index in [1.54, 1.807) is 6.07 Å². The molecule has 0 saturated carbocycles. The van der Waals surface area contributed by atoms with E-state index in [4.69, 9.17) is 0 Å². The van der Waals surface area contributed by atoms with Gasteiger partial charge in [-0.2, -0.15) is 8.78 Å². The Balaban J connectivity index is 0.000000186. The molecule has 3 rings (SSSR count). The number of carbonyl (C=O) groups excluding carboxylic acids is 3. The molecule has 1 aliphatic heterocycles. The molecule has 2 heterocycles. The lowest BCUT2D eigenvalue weighted by molar-refractivity contribution is -0.135. The van der Waals surface area contributed by atoms with E-state index in [1.807, 2.05) is 19.1 Å². The smallest absolute Gasteiger partial charge is 0.301 e. The summed E-state index contributed by atoms with van der Waals surface area (Å²) < 4.78 is 25.9. The summed E-state index contributed by atoms with van der Waals surface area (Å²) in [5.41, 5.74) is 2.17. The van der Waals surface area contributed by atoms with E-state index in [0.717, 1.165) is 12.5 Å². The fourth-order valence-corrected chi connectivity index (χ4v) is 2.32. The number of alkyl halides is 2. The number of hydrogen-bond acceptors (Lipinski definition) is 4. The molecule has 1 fully saturated rings. The fourth-order valence-electron chi connectivity index (χ4n) is 2.32. The van der Waals surface area contributed by atoms with Crippen LogP contribution in [0.25, 0.3) is 11.0 Å². The van der Waals surface area contributed by atoms with Crippen molar-refractivity contribution in [1.82, 2.24) is 20.6 Å². The van der Waals surface area contributed by atoms with Crippen LogP contribution in [0.4, 0.5) is 8.78 Å². The van der Waals surface area contributed by atoms with Crippen molar-refractivity contribution in [2.24, 2.45) is 0 Å². The number of hydrogen-bond donors (Lipinski definition) is 3. The second kappa shape index (κ2) is 7.37. The number of imidazole rings is 1. The minimum Gasteiger partial charge on any atom is -0.347 e. The van der Waals surface area contributed by atoms with Crippen molar-refractivity contribution < 1.29 is 23.2 Å². The number of rotatable bonds is 3. The molecule has 1 atom stereocenters. The second-order valence-corrected chi connectivity index (χ2v) is 5.73. The number of H-pyrrole nitrogens is 1. The number of imide groups is 1. The zero-order chi connectivity index (χ0) is 18.6. The lowest BCUT2D eigenvalue weighted by atomic mass is 10.1. The van der Waals surface area contributed by atoms with Gasteiger partial charge in [-0.1, -0.05) is 12.1 Å². The summed E-state index contributed by atoms with van der Waals surface area (Å²) in [5, 5.41) is 4.42. The van der Waals surface area contributed by atoms with Gasteiger partial charge in [-0.25, -0.2) is 4.98 Å². The van der Waals surface area contributed by atoms with E-state index in [2.05, 4.69) is 20.6 Å². The number of aryl methyl sites for hydroxylation is 1. The molecule has 1 aliphatic rings. The fraction of sp³-hybridized carbons (Fsp3) is 0.375. The van der Waals surface area contributed by atoms with Crippen LogP contribution < -0.4 is 10.6 Å². The molecular weight excluding hydrogens is 334 g/mol. The van der Waals surface area contributed by atoms with Crippen LogP contribution in [-0.2, 0) is 20.3 Å². The molecule has 3 amide bonds. The van der Waals surface area contributed by atoms with Crippen molar-refractivity contribution in [3.63, 3.8) is 0 Å². The summed E-state index contributed by atoms with van der Waals surface area (Å²) >= 11 is 0. The van der Waals surface area contributed by atoms with Crippen molar-refractivity contribution in [2.45, 2.75) is 38.7 Å². The largest absolute Gasteiger partial charge is 0.347 e. The number of nitrogens with one attached hydrogen (secondary N) is 3. The highest BCUT2D eigenvalue weighted by Gasteiger charge is 2.28. The summed E-state index contributed by atoms with van der Waals surface area (Å²) in [4.78, 5) is 37.8. The predicted molar refractivity (Wildman–Crippen MR) is 85.8 cm³/mol. The first-order chi connectivity index (χ1) is 11.7. The first-order valence-corrected chi connectivity index (χ1v) is 7.59. The number of nitrogens with zero attached hydrogens (tertiary/aromatic N) is 1. The summed E-state index contributed by atoms with van der Waals surface area (Å²) in [6.07, 6.45) is 1.14. The van der Waals surface area contributed by atoms with Crippen molar-refractivity contribution in [2.75, 3.05) is 0 Å². The Labute approximate surface area is 142 Å². The van der Waals surface area contributed by atoms with Crippen LogP contribution in [0.1, 0.15) is 31.2 Å². The molecule has 0 aliphatic carbocycles. The van der Waals surface area contributed by atoms with Crippen LogP contribution in [0.5, 0.6) is 0 Å². The third kappa shape index (κ3) is 4.59. The summed E-state index contributed by atoms with van der Waals surface area (Å²) in [7, 11) is 0. The van der Waals surface area contributed by atoms with Gasteiger partial charge in [0, 0.05) is 13.3 Å². The van der Waals surface area contributed by atoms with Gasteiger partial charge in [0.2, 0.25) is 18.2 Å². The van der Waals surface area contributed by atoms with Gasteiger partial charge in [0.15, 0.2) is 5.82 Å². The SMILES string of the molecule is Cc1cccc2[nH]c(C(C)(F)F)nc12.O=CNC1CCC(=O)NC1=O. The van der Waals surface area contributed by atoms with E-state index in [1.165, 1.54) is 0 Å². The van der Waals surface area contributed by atoms with E-state index in [0.29, 0.717) is 23.9 Å². The molecular formula is C16H18F2N4O3. The Hall–Kier alpha value is -2.84. The van der Waals surface area contributed by atoms with Gasteiger partial charge in [-0.3, -0.25) is 19.7 Å². The molecule has 0 bridgehead atoms. The highest BCUT2D eigenvalue weighted by atomic mass is 19.3. The summed E-state index contributed by atoms with van der Waals surface area (Å²) in [6.45, 7) is 2.68. The van der Waals surface area contributed by atoms with Gasteiger partial charge in [0.1, 0.15) is 6.04 Å². The number of aromatic amines is 1. The van der Waals surface area contributed by atoms with E-state index < -0.39 is 17.9 Å². The molecule has 134 valence electrons. The third-order valence-electron chi connectivity index (χ3n) is 3.64. The average Bonchev–Trinajstić information content (AvgIpc) is 2.97. The van der Waals surface area contributed by atoms with Crippen LogP contribution in [0.3, 0.4) is 0 Å². The number of piperidine rings is 1. The normalized spacial score (nSPS) is 17.5. The van der Waals surface area contributed by atoms with Crippen molar-refractivity contribution in [1.29, 1.82) is 0 Å². The average molecular weight is 352 g/mol. The second-order valence-electron chi connectivity index (χ2n) is 5.73. The molecule has 7 nitrogen and oxygen atoms in total. The Morgan fingerprint density at radius 1 is 1.36 bits per heavy atom. The molecule has 1 aromatic heterocycles. The lowest BCUT2D eigenvalue weighted by Gasteiger charge is -2.19. The Morgan fingerprint density at radius 3 is 2.64 bits per heavy atom. The van der Waals surface area contributed by atoms with E-state index in [-0.39, 0.29) is 18.2 Å². The monoisotopic (exact) mass is 352 g/mol. The zero-order valence-corrected chi connectivity index (χ0v) is 13.7. The minimum absolute atomic E-state index is 0.276. The van der Waals surface area contributed by atoms with Crippen LogP contribution in [0.2, 0.25) is 0 Å². The Morgan fingerprint density at radius 2 is 2.08 bits per heavy atom. The van der Waals surface area contributed by atoms with Crippen molar-refractivity contribution in [3.8, 4) is 0 Å². The van der Waals surface area contributed by atoms with Crippen LogP contribution in [-0.4, -0.2) is 34.2 Å². The van der Waals surface area contributed by atoms with Gasteiger partial charge >= 0.3 is 5.92 Å². The van der Waals surface area contributed by atoms with Gasteiger partial charge in [-0.15, -0.1) is 0 Å². The highest BCUT2D eigenvalue weighted by Crippen LogP contribution is 2.27. The van der Waals surface area contributed by atoms with E-state index >= 15 is 0 Å². The molecule has 1 saturated heterocycles. The third-order valence-corrected chi connectivity index (χ3v) is 3.64. The number of halogens is 2. The molecule has 1 aromatic carbocycles. The van der Waals surface area contributed by atoms with Gasteiger partial charge in [0.05, 0.1) is 11.0 Å². The highest BCUT2D eigenvalue weighted by molar-refractivity contribution is 6.00. The number of carbonyl (C=O) groups is 3.